The highest BCUT2D eigenvalue weighted by Crippen LogP contribution is 2.15. The third kappa shape index (κ3) is 3.20. The van der Waals surface area contributed by atoms with Gasteiger partial charge in [-0.15, -0.1) is 0 Å². The van der Waals surface area contributed by atoms with Crippen LogP contribution in [0.1, 0.15) is 18.4 Å². The highest BCUT2D eigenvalue weighted by Gasteiger charge is 2.22. The Morgan fingerprint density at radius 3 is 2.42 bits per heavy atom. The van der Waals surface area contributed by atoms with Crippen molar-refractivity contribution in [2.45, 2.75) is 24.7 Å². The summed E-state index contributed by atoms with van der Waals surface area (Å²) in [5, 5.41) is 5.27. The highest BCUT2D eigenvalue weighted by atomic mass is 32.2. The van der Waals surface area contributed by atoms with E-state index in [9.17, 15) is 13.2 Å². The van der Waals surface area contributed by atoms with Gasteiger partial charge in [0.1, 0.15) is 0 Å². The molecule has 5 nitrogen and oxygen atoms in total. The fraction of sp³-hybridized carbons (Fsp3) is 0.385. The number of carbonyl (C=O) groups is 1. The van der Waals surface area contributed by atoms with Gasteiger partial charge in [-0.05, 0) is 19.1 Å². The number of hydrazone groups is 1. The molecule has 6 heteroatoms. The van der Waals surface area contributed by atoms with E-state index in [2.05, 4.69) is 5.10 Å². The second-order valence-electron chi connectivity index (χ2n) is 4.64. The molecule has 0 saturated carbocycles. The molecule has 0 radical (unpaired) electrons. The molecule has 0 aliphatic carbocycles. The van der Waals surface area contributed by atoms with Crippen LogP contribution in [0.2, 0.25) is 0 Å². The van der Waals surface area contributed by atoms with E-state index in [1.807, 2.05) is 6.92 Å². The molecule has 2 rings (SSSR count). The molecular weight excluding hydrogens is 264 g/mol. The number of amides is 1. The Hall–Kier alpha value is -1.69. The lowest BCUT2D eigenvalue weighted by Gasteiger charge is -2.04. The number of sulfone groups is 1. The summed E-state index contributed by atoms with van der Waals surface area (Å²) in [5.74, 6) is -0.113. The van der Waals surface area contributed by atoms with Gasteiger partial charge < -0.3 is 0 Å². The SMILES string of the molecule is Cc1ccc(S(=O)(=O)CCC2=NN(C)C(=O)C2)cc1. The Labute approximate surface area is 112 Å². The maximum absolute atomic E-state index is 12.1. The Morgan fingerprint density at radius 2 is 1.89 bits per heavy atom. The first-order chi connectivity index (χ1) is 8.88. The Bertz CT molecular complexity index is 618. The van der Waals surface area contributed by atoms with Crippen molar-refractivity contribution in [3.05, 3.63) is 29.8 Å². The van der Waals surface area contributed by atoms with Gasteiger partial charge in [-0.25, -0.2) is 13.4 Å². The van der Waals surface area contributed by atoms with Gasteiger partial charge >= 0.3 is 0 Å². The van der Waals surface area contributed by atoms with Crippen molar-refractivity contribution >= 4 is 21.5 Å². The van der Waals surface area contributed by atoms with Crippen LogP contribution in [-0.4, -0.2) is 37.8 Å². The first-order valence-corrected chi connectivity index (χ1v) is 7.66. The van der Waals surface area contributed by atoms with E-state index in [0.29, 0.717) is 17.0 Å². The molecule has 1 aromatic carbocycles. The van der Waals surface area contributed by atoms with E-state index in [1.165, 1.54) is 5.01 Å². The molecule has 1 aliphatic rings. The van der Waals surface area contributed by atoms with Gasteiger partial charge in [-0.3, -0.25) is 4.79 Å². The predicted molar refractivity (Wildman–Crippen MR) is 72.7 cm³/mol. The molecule has 0 aromatic heterocycles. The quantitative estimate of drug-likeness (QED) is 0.836. The van der Waals surface area contributed by atoms with E-state index < -0.39 is 9.84 Å². The smallest absolute Gasteiger partial charge is 0.248 e. The van der Waals surface area contributed by atoms with Gasteiger partial charge in [0.2, 0.25) is 5.91 Å². The molecule has 0 atom stereocenters. The molecule has 19 heavy (non-hydrogen) atoms. The van der Waals surface area contributed by atoms with Gasteiger partial charge in [0.15, 0.2) is 9.84 Å². The average molecular weight is 280 g/mol. The van der Waals surface area contributed by atoms with E-state index in [0.717, 1.165) is 5.56 Å². The molecule has 1 heterocycles. The van der Waals surface area contributed by atoms with Crippen LogP contribution in [0.5, 0.6) is 0 Å². The summed E-state index contributed by atoms with van der Waals surface area (Å²) in [4.78, 5) is 11.6. The summed E-state index contributed by atoms with van der Waals surface area (Å²) in [6.07, 6.45) is 0.520. The van der Waals surface area contributed by atoms with Crippen molar-refractivity contribution in [3.63, 3.8) is 0 Å². The minimum absolute atomic E-state index is 0.0178. The van der Waals surface area contributed by atoms with E-state index in [-0.39, 0.29) is 18.1 Å². The summed E-state index contributed by atoms with van der Waals surface area (Å²) in [6.45, 7) is 1.91. The third-order valence-electron chi connectivity index (χ3n) is 3.05. The number of nitrogens with zero attached hydrogens (tertiary/aromatic N) is 2. The standard InChI is InChI=1S/C13H16N2O3S/c1-10-3-5-12(6-4-10)19(17,18)8-7-11-9-13(16)15(2)14-11/h3-6H,7-9H2,1-2H3. The first kappa shape index (κ1) is 13.7. The topological polar surface area (TPSA) is 66.8 Å². The second-order valence-corrected chi connectivity index (χ2v) is 6.75. The Morgan fingerprint density at radius 1 is 1.26 bits per heavy atom. The molecule has 0 fully saturated rings. The lowest BCUT2D eigenvalue weighted by atomic mass is 10.2. The third-order valence-corrected chi connectivity index (χ3v) is 4.78. The average Bonchev–Trinajstić information content (AvgIpc) is 2.67. The number of hydrogen-bond acceptors (Lipinski definition) is 4. The molecular formula is C13H16N2O3S. The van der Waals surface area contributed by atoms with Crippen LogP contribution in [0, 0.1) is 6.92 Å². The van der Waals surface area contributed by atoms with Crippen LogP contribution in [0.4, 0.5) is 0 Å². The number of carbonyl (C=O) groups excluding carboxylic acids is 1. The normalized spacial score (nSPS) is 15.8. The molecule has 0 N–H and O–H groups in total. The van der Waals surface area contributed by atoms with Crippen molar-refractivity contribution in [2.24, 2.45) is 5.10 Å². The molecule has 1 aliphatic heterocycles. The zero-order valence-corrected chi connectivity index (χ0v) is 11.8. The van der Waals surface area contributed by atoms with Crippen LogP contribution in [-0.2, 0) is 14.6 Å². The summed E-state index contributed by atoms with van der Waals surface area (Å²) in [5.41, 5.74) is 1.65. The van der Waals surface area contributed by atoms with Crippen LogP contribution < -0.4 is 0 Å². The van der Waals surface area contributed by atoms with Gasteiger partial charge in [0, 0.05) is 19.2 Å². The Kier molecular flexibility index (Phi) is 3.71. The van der Waals surface area contributed by atoms with Crippen LogP contribution >= 0.6 is 0 Å². The van der Waals surface area contributed by atoms with Crippen molar-refractivity contribution in [3.8, 4) is 0 Å². The summed E-state index contributed by atoms with van der Waals surface area (Å²) >= 11 is 0. The molecule has 1 amide bonds. The van der Waals surface area contributed by atoms with Crippen LogP contribution in [0.15, 0.2) is 34.3 Å². The lowest BCUT2D eigenvalue weighted by molar-refractivity contribution is -0.127. The summed E-state index contributed by atoms with van der Waals surface area (Å²) in [6, 6.07) is 6.77. The summed E-state index contributed by atoms with van der Waals surface area (Å²) < 4.78 is 24.2. The molecule has 0 bridgehead atoms. The number of hydrogen-bond donors (Lipinski definition) is 0. The summed E-state index contributed by atoms with van der Waals surface area (Å²) in [7, 11) is -1.74. The van der Waals surface area contributed by atoms with Gasteiger partial charge in [0.05, 0.1) is 17.1 Å². The van der Waals surface area contributed by atoms with E-state index >= 15 is 0 Å². The predicted octanol–water partition coefficient (Wildman–Crippen LogP) is 1.38. The van der Waals surface area contributed by atoms with E-state index in [1.54, 1.807) is 31.3 Å². The monoisotopic (exact) mass is 280 g/mol. The first-order valence-electron chi connectivity index (χ1n) is 6.01. The van der Waals surface area contributed by atoms with Crippen molar-refractivity contribution in [1.82, 2.24) is 5.01 Å². The number of rotatable bonds is 4. The zero-order valence-electron chi connectivity index (χ0n) is 11.0. The van der Waals surface area contributed by atoms with E-state index in [4.69, 9.17) is 0 Å². The molecule has 1 aromatic rings. The van der Waals surface area contributed by atoms with Gasteiger partial charge in [-0.2, -0.15) is 5.10 Å². The number of benzene rings is 1. The van der Waals surface area contributed by atoms with Crippen molar-refractivity contribution in [1.29, 1.82) is 0 Å². The van der Waals surface area contributed by atoms with Gasteiger partial charge in [0.25, 0.3) is 0 Å². The highest BCUT2D eigenvalue weighted by molar-refractivity contribution is 7.91. The molecule has 102 valence electrons. The van der Waals surface area contributed by atoms with Crippen LogP contribution in [0.3, 0.4) is 0 Å². The minimum Gasteiger partial charge on any atom is -0.273 e. The lowest BCUT2D eigenvalue weighted by Crippen LogP contribution is -2.14. The zero-order chi connectivity index (χ0) is 14.0. The van der Waals surface area contributed by atoms with Crippen LogP contribution in [0.25, 0.3) is 0 Å². The van der Waals surface area contributed by atoms with Crippen molar-refractivity contribution < 1.29 is 13.2 Å². The maximum Gasteiger partial charge on any atom is 0.248 e. The Balaban J connectivity index is 2.05. The molecule has 0 saturated heterocycles. The van der Waals surface area contributed by atoms with Gasteiger partial charge in [-0.1, -0.05) is 17.7 Å². The minimum atomic E-state index is -3.31. The fourth-order valence-corrected chi connectivity index (χ4v) is 3.14. The van der Waals surface area contributed by atoms with Crippen molar-refractivity contribution in [2.75, 3.05) is 12.8 Å². The molecule has 0 unspecified atom stereocenters. The fourth-order valence-electron chi connectivity index (χ4n) is 1.85. The molecule has 0 spiro atoms. The largest absolute Gasteiger partial charge is 0.273 e. The second kappa shape index (κ2) is 5.13. The maximum atomic E-state index is 12.1. The number of aryl methyl sites for hydroxylation is 1.